The minimum Gasteiger partial charge on any atom is -0.369 e. The zero-order valence-corrected chi connectivity index (χ0v) is 10.1. The second-order valence-corrected chi connectivity index (χ2v) is 4.19. The van der Waals surface area contributed by atoms with Crippen molar-refractivity contribution in [2.45, 2.75) is 6.54 Å². The van der Waals surface area contributed by atoms with Crippen molar-refractivity contribution in [3.63, 3.8) is 0 Å². The van der Waals surface area contributed by atoms with Crippen molar-refractivity contribution in [3.05, 3.63) is 53.9 Å². The lowest BCUT2D eigenvalue weighted by molar-refractivity contribution is 0.809. The Balaban J connectivity index is 2.12. The average Bonchev–Trinajstić information content (AvgIpc) is 2.76. The van der Waals surface area contributed by atoms with Gasteiger partial charge in [0.25, 0.3) is 0 Å². The summed E-state index contributed by atoms with van der Waals surface area (Å²) in [6.07, 6.45) is 1.74. The van der Waals surface area contributed by atoms with E-state index in [1.165, 1.54) is 0 Å². The van der Waals surface area contributed by atoms with Gasteiger partial charge in [0.15, 0.2) is 0 Å². The highest BCUT2D eigenvalue weighted by atomic mass is 15.2. The molecular weight excluding hydrogens is 238 g/mol. The van der Waals surface area contributed by atoms with Crippen LogP contribution in [0.5, 0.6) is 0 Å². The Morgan fingerprint density at radius 2 is 2.16 bits per heavy atom. The molecule has 19 heavy (non-hydrogen) atoms. The fraction of sp³-hybridized carbons (Fsp3) is 0.0714. The van der Waals surface area contributed by atoms with Crippen LogP contribution in [0.4, 0.5) is 5.95 Å². The Hall–Kier alpha value is -2.87. The SMILES string of the molecule is N#Cc1ccc2nc(N)n(Cc3ccccn3)c2c1. The number of anilines is 1. The highest BCUT2D eigenvalue weighted by molar-refractivity contribution is 5.79. The lowest BCUT2D eigenvalue weighted by Gasteiger charge is -2.05. The third-order valence-corrected chi connectivity index (χ3v) is 2.95. The van der Waals surface area contributed by atoms with Crippen LogP contribution in [0.15, 0.2) is 42.6 Å². The number of benzene rings is 1. The zero-order chi connectivity index (χ0) is 13.2. The van der Waals surface area contributed by atoms with Crippen LogP contribution in [0.3, 0.4) is 0 Å². The van der Waals surface area contributed by atoms with Gasteiger partial charge in [0.1, 0.15) is 0 Å². The van der Waals surface area contributed by atoms with E-state index in [9.17, 15) is 0 Å². The standard InChI is InChI=1S/C14H11N5/c15-8-10-4-5-12-13(7-10)19(14(16)18-12)9-11-3-1-2-6-17-11/h1-7H,9H2,(H2,16,18). The maximum atomic E-state index is 8.96. The molecule has 0 aliphatic rings. The first-order chi connectivity index (χ1) is 9.28. The molecule has 0 bridgehead atoms. The second-order valence-electron chi connectivity index (χ2n) is 4.19. The molecule has 3 aromatic rings. The van der Waals surface area contributed by atoms with E-state index in [4.69, 9.17) is 11.0 Å². The number of nitrogens with two attached hydrogens (primary N) is 1. The number of rotatable bonds is 2. The van der Waals surface area contributed by atoms with Gasteiger partial charge in [-0.05, 0) is 30.3 Å². The number of pyridine rings is 1. The maximum Gasteiger partial charge on any atom is 0.201 e. The van der Waals surface area contributed by atoms with Crippen LogP contribution >= 0.6 is 0 Å². The molecule has 2 heterocycles. The Kier molecular flexibility index (Phi) is 2.62. The molecule has 1 aromatic carbocycles. The Bertz CT molecular complexity index is 768. The van der Waals surface area contributed by atoms with E-state index in [2.05, 4.69) is 16.0 Å². The number of nitrogens with zero attached hydrogens (tertiary/aromatic N) is 4. The predicted molar refractivity (Wildman–Crippen MR) is 72.2 cm³/mol. The van der Waals surface area contributed by atoms with E-state index in [0.29, 0.717) is 18.1 Å². The number of aromatic nitrogens is 3. The van der Waals surface area contributed by atoms with Gasteiger partial charge in [0, 0.05) is 6.20 Å². The molecule has 0 saturated carbocycles. The minimum absolute atomic E-state index is 0.427. The smallest absolute Gasteiger partial charge is 0.201 e. The predicted octanol–water partition coefficient (Wildman–Crippen LogP) is 1.93. The van der Waals surface area contributed by atoms with Gasteiger partial charge in [-0.2, -0.15) is 5.26 Å². The topological polar surface area (TPSA) is 80.5 Å². The number of hydrogen-bond acceptors (Lipinski definition) is 4. The molecule has 0 amide bonds. The monoisotopic (exact) mass is 249 g/mol. The highest BCUT2D eigenvalue weighted by Crippen LogP contribution is 2.20. The molecule has 0 aliphatic carbocycles. The molecule has 0 atom stereocenters. The Labute approximate surface area is 109 Å². The maximum absolute atomic E-state index is 8.96. The van der Waals surface area contributed by atoms with E-state index < -0.39 is 0 Å². The van der Waals surface area contributed by atoms with Crippen LogP contribution in [-0.4, -0.2) is 14.5 Å². The van der Waals surface area contributed by atoms with Gasteiger partial charge in [-0.3, -0.25) is 4.98 Å². The van der Waals surface area contributed by atoms with Gasteiger partial charge in [-0.1, -0.05) is 6.07 Å². The van der Waals surface area contributed by atoms with Crippen molar-refractivity contribution >= 4 is 17.0 Å². The van der Waals surface area contributed by atoms with Gasteiger partial charge in [-0.15, -0.1) is 0 Å². The van der Waals surface area contributed by atoms with Gasteiger partial charge in [0.05, 0.1) is 34.9 Å². The van der Waals surface area contributed by atoms with Gasteiger partial charge in [0.2, 0.25) is 5.95 Å². The summed E-state index contributed by atoms with van der Waals surface area (Å²) in [5.74, 6) is 0.427. The molecule has 0 radical (unpaired) electrons. The van der Waals surface area contributed by atoms with E-state index in [1.807, 2.05) is 22.8 Å². The summed E-state index contributed by atoms with van der Waals surface area (Å²) >= 11 is 0. The van der Waals surface area contributed by atoms with E-state index in [-0.39, 0.29) is 0 Å². The highest BCUT2D eigenvalue weighted by Gasteiger charge is 2.09. The third-order valence-electron chi connectivity index (χ3n) is 2.95. The Morgan fingerprint density at radius 1 is 1.26 bits per heavy atom. The van der Waals surface area contributed by atoms with Crippen molar-refractivity contribution in [2.75, 3.05) is 5.73 Å². The molecule has 0 unspecified atom stereocenters. The quantitative estimate of drug-likeness (QED) is 0.752. The van der Waals surface area contributed by atoms with Gasteiger partial charge in [-0.25, -0.2) is 4.98 Å². The summed E-state index contributed by atoms with van der Waals surface area (Å²) < 4.78 is 1.86. The minimum atomic E-state index is 0.427. The van der Waals surface area contributed by atoms with Crippen molar-refractivity contribution < 1.29 is 0 Å². The largest absolute Gasteiger partial charge is 0.369 e. The lowest BCUT2D eigenvalue weighted by Crippen LogP contribution is -2.05. The molecule has 0 saturated heterocycles. The fourth-order valence-corrected chi connectivity index (χ4v) is 2.03. The summed E-state index contributed by atoms with van der Waals surface area (Å²) in [6, 6.07) is 13.2. The van der Waals surface area contributed by atoms with E-state index >= 15 is 0 Å². The molecule has 3 rings (SSSR count). The van der Waals surface area contributed by atoms with Crippen LogP contribution in [0.25, 0.3) is 11.0 Å². The fourth-order valence-electron chi connectivity index (χ4n) is 2.03. The van der Waals surface area contributed by atoms with Gasteiger partial charge >= 0.3 is 0 Å². The van der Waals surface area contributed by atoms with E-state index in [1.54, 1.807) is 24.4 Å². The molecule has 5 heteroatoms. The number of fused-ring (bicyclic) bond motifs is 1. The van der Waals surface area contributed by atoms with Crippen molar-refractivity contribution in [3.8, 4) is 6.07 Å². The van der Waals surface area contributed by atoms with Crippen molar-refractivity contribution in [1.29, 1.82) is 5.26 Å². The van der Waals surface area contributed by atoms with Crippen LogP contribution in [-0.2, 0) is 6.54 Å². The number of hydrogen-bond donors (Lipinski definition) is 1. The van der Waals surface area contributed by atoms with Gasteiger partial charge < -0.3 is 10.3 Å². The molecule has 92 valence electrons. The number of imidazole rings is 1. The van der Waals surface area contributed by atoms with E-state index in [0.717, 1.165) is 16.7 Å². The van der Waals surface area contributed by atoms with Crippen LogP contribution in [0, 0.1) is 11.3 Å². The first kappa shape index (κ1) is 11.2. The van der Waals surface area contributed by atoms with Crippen molar-refractivity contribution in [2.24, 2.45) is 0 Å². The normalized spacial score (nSPS) is 10.5. The molecule has 0 aliphatic heterocycles. The zero-order valence-electron chi connectivity index (χ0n) is 10.1. The first-order valence-electron chi connectivity index (χ1n) is 5.84. The second kappa shape index (κ2) is 4.42. The molecular formula is C14H11N5. The molecule has 2 aromatic heterocycles. The molecule has 0 spiro atoms. The summed E-state index contributed by atoms with van der Waals surface area (Å²) in [4.78, 5) is 8.56. The molecule has 2 N–H and O–H groups in total. The van der Waals surface area contributed by atoms with Crippen LogP contribution in [0.2, 0.25) is 0 Å². The lowest BCUT2D eigenvalue weighted by atomic mass is 10.2. The number of nitriles is 1. The first-order valence-corrected chi connectivity index (χ1v) is 5.84. The molecule has 0 fully saturated rings. The summed E-state index contributed by atoms with van der Waals surface area (Å²) in [5.41, 5.74) is 9.06. The summed E-state index contributed by atoms with van der Waals surface area (Å²) in [7, 11) is 0. The Morgan fingerprint density at radius 3 is 2.89 bits per heavy atom. The number of nitrogen functional groups attached to an aromatic ring is 1. The summed E-state index contributed by atoms with van der Waals surface area (Å²) in [5, 5.41) is 8.96. The average molecular weight is 249 g/mol. The third kappa shape index (κ3) is 2.00. The van der Waals surface area contributed by atoms with Crippen LogP contribution < -0.4 is 5.73 Å². The summed E-state index contributed by atoms with van der Waals surface area (Å²) in [6.45, 7) is 0.540. The van der Waals surface area contributed by atoms with Crippen LogP contribution in [0.1, 0.15) is 11.3 Å². The van der Waals surface area contributed by atoms with Crippen molar-refractivity contribution in [1.82, 2.24) is 14.5 Å². The molecule has 5 nitrogen and oxygen atoms in total.